The van der Waals surface area contributed by atoms with Crippen molar-refractivity contribution in [3.05, 3.63) is 89.7 Å². The fourth-order valence-corrected chi connectivity index (χ4v) is 3.72. The molecule has 0 saturated heterocycles. The van der Waals surface area contributed by atoms with Crippen LogP contribution in [-0.4, -0.2) is 41.5 Å². The van der Waals surface area contributed by atoms with E-state index in [1.165, 1.54) is 17.3 Å². The van der Waals surface area contributed by atoms with Crippen molar-refractivity contribution in [2.45, 2.75) is 11.3 Å². The summed E-state index contributed by atoms with van der Waals surface area (Å²) in [5, 5.41) is 2.94. The molecule has 2 aromatic carbocycles. The first-order chi connectivity index (χ1) is 14.0. The van der Waals surface area contributed by atoms with Crippen LogP contribution < -0.4 is 5.32 Å². The molecule has 0 fully saturated rings. The zero-order valence-corrected chi connectivity index (χ0v) is 17.3. The predicted molar refractivity (Wildman–Crippen MR) is 117 cm³/mol. The maximum Gasteiger partial charge on any atom is 0.256 e. The lowest BCUT2D eigenvalue weighted by atomic mass is 10.1. The Balaban J connectivity index is 1.65. The van der Waals surface area contributed by atoms with Crippen molar-refractivity contribution < 1.29 is 9.59 Å². The number of carbonyl (C=O) groups excluding carboxylic acids is 2. The Labute approximate surface area is 175 Å². The van der Waals surface area contributed by atoms with Gasteiger partial charge in [-0.2, -0.15) is 0 Å². The normalized spacial score (nSPS) is 10.4. The molecular weight excluding hydrogens is 382 g/mol. The fourth-order valence-electron chi connectivity index (χ4n) is 2.69. The summed E-state index contributed by atoms with van der Waals surface area (Å²) in [6, 6.07) is 19.1. The molecule has 29 heavy (non-hydrogen) atoms. The molecule has 1 N–H and O–H groups in total. The lowest BCUT2D eigenvalue weighted by Gasteiger charge is -2.12. The number of thioether (sulfide) groups is 1. The third-order valence-electron chi connectivity index (χ3n) is 4.35. The molecule has 0 bridgehead atoms. The Morgan fingerprint density at radius 3 is 2.28 bits per heavy atom. The number of amides is 2. The molecule has 0 unspecified atom stereocenters. The molecule has 3 aromatic rings. The number of anilines is 1. The van der Waals surface area contributed by atoms with Crippen molar-refractivity contribution in [2.24, 2.45) is 0 Å². The average molecular weight is 406 g/mol. The minimum absolute atomic E-state index is 0.00926. The van der Waals surface area contributed by atoms with Gasteiger partial charge < -0.3 is 10.2 Å². The summed E-state index contributed by atoms with van der Waals surface area (Å²) in [6.07, 6.45) is 4.38. The van der Waals surface area contributed by atoms with Crippen LogP contribution in [0.4, 0.5) is 5.69 Å². The monoisotopic (exact) mass is 405 g/mol. The van der Waals surface area contributed by atoms with Gasteiger partial charge in [0.15, 0.2) is 0 Å². The van der Waals surface area contributed by atoms with Gasteiger partial charge in [-0.1, -0.05) is 24.3 Å². The number of nitrogens with one attached hydrogen (secondary N) is 1. The summed E-state index contributed by atoms with van der Waals surface area (Å²) in [6.45, 7) is 0. The van der Waals surface area contributed by atoms with E-state index in [-0.39, 0.29) is 11.8 Å². The van der Waals surface area contributed by atoms with E-state index in [0.717, 1.165) is 22.6 Å². The fraction of sp³-hybridized carbons (Fsp3) is 0.174. The molecule has 3 rings (SSSR count). The number of nitrogens with zero attached hydrogens (tertiary/aromatic N) is 2. The Hall–Kier alpha value is -3.12. The third-order valence-corrected chi connectivity index (χ3v) is 5.41. The molecular formula is C23H23N3O2S. The van der Waals surface area contributed by atoms with Crippen molar-refractivity contribution in [1.82, 2.24) is 9.88 Å². The molecule has 0 atom stereocenters. The van der Waals surface area contributed by atoms with Gasteiger partial charge in [-0.25, -0.2) is 0 Å². The van der Waals surface area contributed by atoms with Gasteiger partial charge >= 0.3 is 0 Å². The van der Waals surface area contributed by atoms with Crippen LogP contribution in [0.5, 0.6) is 0 Å². The molecule has 0 aliphatic carbocycles. The van der Waals surface area contributed by atoms with Gasteiger partial charge in [-0.3, -0.25) is 14.6 Å². The van der Waals surface area contributed by atoms with Crippen molar-refractivity contribution in [1.29, 1.82) is 0 Å². The molecule has 5 nitrogen and oxygen atoms in total. The molecule has 0 radical (unpaired) electrons. The molecule has 0 aliphatic rings. The van der Waals surface area contributed by atoms with E-state index in [1.807, 2.05) is 54.6 Å². The van der Waals surface area contributed by atoms with Crippen molar-refractivity contribution in [3.8, 4) is 0 Å². The number of hydrogen-bond acceptors (Lipinski definition) is 4. The highest BCUT2D eigenvalue weighted by Crippen LogP contribution is 2.24. The highest BCUT2D eigenvalue weighted by molar-refractivity contribution is 8.00. The Bertz CT molecular complexity index is 973. The largest absolute Gasteiger partial charge is 0.348 e. The Kier molecular flexibility index (Phi) is 7.03. The van der Waals surface area contributed by atoms with Crippen LogP contribution >= 0.6 is 11.8 Å². The van der Waals surface area contributed by atoms with E-state index < -0.39 is 0 Å². The van der Waals surface area contributed by atoms with Crippen LogP contribution in [0.1, 0.15) is 21.5 Å². The lowest BCUT2D eigenvalue weighted by molar-refractivity contribution is -0.125. The first-order valence-electron chi connectivity index (χ1n) is 9.24. The highest BCUT2D eigenvalue weighted by Gasteiger charge is 2.13. The summed E-state index contributed by atoms with van der Waals surface area (Å²) in [5.74, 6) is 0.114. The summed E-state index contributed by atoms with van der Waals surface area (Å²) < 4.78 is 0. The number of benzene rings is 2. The molecule has 6 heteroatoms. The molecule has 0 saturated carbocycles. The van der Waals surface area contributed by atoms with Gasteiger partial charge in [-0.05, 0) is 53.9 Å². The number of aromatic nitrogens is 1. The van der Waals surface area contributed by atoms with Crippen molar-refractivity contribution >= 4 is 29.3 Å². The van der Waals surface area contributed by atoms with Gasteiger partial charge in [0.2, 0.25) is 5.91 Å². The topological polar surface area (TPSA) is 62.3 Å². The Morgan fingerprint density at radius 2 is 1.59 bits per heavy atom. The van der Waals surface area contributed by atoms with Crippen LogP contribution in [0.25, 0.3) is 0 Å². The summed E-state index contributed by atoms with van der Waals surface area (Å²) in [5.41, 5.74) is 3.64. The van der Waals surface area contributed by atoms with Crippen molar-refractivity contribution in [3.63, 3.8) is 0 Å². The van der Waals surface area contributed by atoms with Gasteiger partial charge in [0.05, 0.1) is 11.3 Å². The van der Waals surface area contributed by atoms with Gasteiger partial charge in [0.1, 0.15) is 0 Å². The minimum Gasteiger partial charge on any atom is -0.348 e. The standard InChI is InChI=1S/C23H23N3O2S/c1-26(2)22(27)16-29-21-6-4-3-5-20(21)23(28)25-19-9-7-17(8-10-19)15-18-11-13-24-14-12-18/h3-14H,15-16H2,1-2H3,(H,25,28). The summed E-state index contributed by atoms with van der Waals surface area (Å²) >= 11 is 1.37. The van der Waals surface area contributed by atoms with E-state index in [1.54, 1.807) is 37.5 Å². The van der Waals surface area contributed by atoms with E-state index in [0.29, 0.717) is 11.3 Å². The smallest absolute Gasteiger partial charge is 0.256 e. The number of carbonyl (C=O) groups is 2. The van der Waals surface area contributed by atoms with Gasteiger partial charge in [0, 0.05) is 37.1 Å². The van der Waals surface area contributed by atoms with Crippen LogP contribution in [-0.2, 0) is 11.2 Å². The predicted octanol–water partition coefficient (Wildman–Crippen LogP) is 4.11. The third kappa shape index (κ3) is 5.93. The second-order valence-corrected chi connectivity index (χ2v) is 7.77. The average Bonchev–Trinajstić information content (AvgIpc) is 2.74. The molecule has 0 spiro atoms. The zero-order chi connectivity index (χ0) is 20.6. The Morgan fingerprint density at radius 1 is 0.931 bits per heavy atom. The maximum atomic E-state index is 12.8. The van der Waals surface area contributed by atoms with E-state index in [9.17, 15) is 9.59 Å². The van der Waals surface area contributed by atoms with E-state index >= 15 is 0 Å². The van der Waals surface area contributed by atoms with E-state index in [2.05, 4.69) is 10.3 Å². The SMILES string of the molecule is CN(C)C(=O)CSc1ccccc1C(=O)Nc1ccc(Cc2ccncc2)cc1. The molecule has 148 valence electrons. The second-order valence-electron chi connectivity index (χ2n) is 6.76. The number of rotatable bonds is 7. The van der Waals surface area contributed by atoms with Gasteiger partial charge in [-0.15, -0.1) is 11.8 Å². The summed E-state index contributed by atoms with van der Waals surface area (Å²) in [4.78, 5) is 31.0. The van der Waals surface area contributed by atoms with Gasteiger partial charge in [0.25, 0.3) is 5.91 Å². The number of pyridine rings is 1. The maximum absolute atomic E-state index is 12.8. The highest BCUT2D eigenvalue weighted by atomic mass is 32.2. The van der Waals surface area contributed by atoms with Crippen LogP contribution in [0, 0.1) is 0 Å². The number of hydrogen-bond donors (Lipinski definition) is 1. The summed E-state index contributed by atoms with van der Waals surface area (Å²) in [7, 11) is 3.44. The first-order valence-corrected chi connectivity index (χ1v) is 10.2. The zero-order valence-electron chi connectivity index (χ0n) is 16.5. The molecule has 0 aliphatic heterocycles. The van der Waals surface area contributed by atoms with E-state index in [4.69, 9.17) is 0 Å². The second kappa shape index (κ2) is 9.89. The lowest BCUT2D eigenvalue weighted by Crippen LogP contribution is -2.23. The molecule has 1 aromatic heterocycles. The quantitative estimate of drug-likeness (QED) is 0.601. The first kappa shape index (κ1) is 20.6. The molecule has 1 heterocycles. The van der Waals surface area contributed by atoms with Crippen molar-refractivity contribution in [2.75, 3.05) is 25.2 Å². The molecule has 2 amide bonds. The van der Waals surface area contributed by atoms with Crippen LogP contribution in [0.3, 0.4) is 0 Å². The van der Waals surface area contributed by atoms with Crippen LogP contribution in [0.2, 0.25) is 0 Å². The minimum atomic E-state index is -0.188. The van der Waals surface area contributed by atoms with Crippen LogP contribution in [0.15, 0.2) is 78.0 Å².